The minimum Gasteiger partial charge on any atom is -0.454 e. The maximum atomic E-state index is 11.0. The molecular formula is C14H20IN5O2S. The fourth-order valence-electron chi connectivity index (χ4n) is 1.83. The molecule has 9 heteroatoms. The summed E-state index contributed by atoms with van der Waals surface area (Å²) in [4.78, 5) is 19.5. The number of aryl methyl sites for hydroxylation is 1. The molecule has 0 aliphatic carbocycles. The van der Waals surface area contributed by atoms with Gasteiger partial charge in [-0.25, -0.2) is 4.98 Å². The quantitative estimate of drug-likeness (QED) is 0.354. The summed E-state index contributed by atoms with van der Waals surface area (Å²) in [6, 6.07) is 3.26. The molecule has 0 unspecified atom stereocenters. The van der Waals surface area contributed by atoms with Crippen LogP contribution in [0.1, 0.15) is 27.0 Å². The average Bonchev–Trinajstić information content (AvgIpc) is 3.11. The molecule has 4 N–H and O–H groups in total. The number of nitrogens with zero attached hydrogens (tertiary/aromatic N) is 2. The number of guanidine groups is 1. The Hall–Kier alpha value is -1.62. The van der Waals surface area contributed by atoms with Crippen LogP contribution >= 0.6 is 35.3 Å². The number of rotatable bonds is 6. The highest BCUT2D eigenvalue weighted by Gasteiger charge is 2.07. The van der Waals surface area contributed by atoms with Crippen LogP contribution in [-0.4, -0.2) is 30.4 Å². The van der Waals surface area contributed by atoms with Gasteiger partial charge in [0, 0.05) is 25.4 Å². The van der Waals surface area contributed by atoms with Gasteiger partial charge in [0.05, 0.1) is 17.2 Å². The third-order valence-electron chi connectivity index (χ3n) is 2.90. The zero-order valence-electron chi connectivity index (χ0n) is 13.0. The van der Waals surface area contributed by atoms with Crippen LogP contribution in [0.25, 0.3) is 0 Å². The van der Waals surface area contributed by atoms with Crippen LogP contribution in [0.3, 0.4) is 0 Å². The minimum absolute atomic E-state index is 0. The highest BCUT2D eigenvalue weighted by Crippen LogP contribution is 2.08. The van der Waals surface area contributed by atoms with Crippen molar-refractivity contribution in [3.8, 4) is 0 Å². The van der Waals surface area contributed by atoms with Crippen molar-refractivity contribution in [2.75, 3.05) is 13.6 Å². The zero-order valence-corrected chi connectivity index (χ0v) is 16.1. The van der Waals surface area contributed by atoms with Gasteiger partial charge in [0.1, 0.15) is 5.76 Å². The summed E-state index contributed by atoms with van der Waals surface area (Å²) < 4.78 is 5.29. The molecule has 0 saturated heterocycles. The highest BCUT2D eigenvalue weighted by molar-refractivity contribution is 14.0. The van der Waals surface area contributed by atoms with Crippen molar-refractivity contribution in [1.29, 1.82) is 0 Å². The number of thiazole rings is 1. The Bertz CT molecular complexity index is 668. The lowest BCUT2D eigenvalue weighted by Crippen LogP contribution is -2.37. The summed E-state index contributed by atoms with van der Waals surface area (Å²) in [6.07, 6.45) is 0.831. The summed E-state index contributed by atoms with van der Waals surface area (Å²) in [5.74, 6) is 0.849. The number of nitrogens with two attached hydrogens (primary N) is 1. The molecule has 7 nitrogen and oxygen atoms in total. The Morgan fingerprint density at radius 3 is 2.78 bits per heavy atom. The van der Waals surface area contributed by atoms with Crippen molar-refractivity contribution in [2.45, 2.75) is 19.9 Å². The molecule has 2 aromatic heterocycles. The number of amides is 1. The number of hydrogen-bond acceptors (Lipinski definition) is 5. The van der Waals surface area contributed by atoms with Crippen molar-refractivity contribution < 1.29 is 9.21 Å². The minimum atomic E-state index is -0.577. The second kappa shape index (κ2) is 9.50. The van der Waals surface area contributed by atoms with Gasteiger partial charge < -0.3 is 20.8 Å². The van der Waals surface area contributed by atoms with E-state index < -0.39 is 5.91 Å². The number of hydrogen-bond donors (Lipinski definition) is 3. The standard InChI is InChI=1S/C14H19N5O2S.HI/c1-9-19-10(8-22-9)5-6-17-14(16-2)18-7-11-3-4-12(21-11)13(15)20;/h3-4,8H,5-7H2,1-2H3,(H2,15,20)(H2,16,17,18);1H. The molecule has 2 heterocycles. The molecular weight excluding hydrogens is 429 g/mol. The first-order valence-electron chi connectivity index (χ1n) is 6.82. The van der Waals surface area contributed by atoms with Crippen LogP contribution in [0.5, 0.6) is 0 Å². The van der Waals surface area contributed by atoms with E-state index in [2.05, 4.69) is 26.0 Å². The molecule has 0 aromatic carbocycles. The Balaban J connectivity index is 0.00000264. The van der Waals surface area contributed by atoms with E-state index in [9.17, 15) is 4.79 Å². The number of primary amides is 1. The van der Waals surface area contributed by atoms with Crippen molar-refractivity contribution in [1.82, 2.24) is 15.6 Å². The van der Waals surface area contributed by atoms with E-state index >= 15 is 0 Å². The Kier molecular flexibility index (Phi) is 8.03. The van der Waals surface area contributed by atoms with Crippen LogP contribution in [0.4, 0.5) is 0 Å². The summed E-state index contributed by atoms with van der Waals surface area (Å²) >= 11 is 1.65. The first-order chi connectivity index (χ1) is 10.6. The molecule has 0 bridgehead atoms. The van der Waals surface area contributed by atoms with E-state index in [1.54, 1.807) is 30.5 Å². The van der Waals surface area contributed by atoms with Crippen molar-refractivity contribution in [2.24, 2.45) is 10.7 Å². The maximum Gasteiger partial charge on any atom is 0.284 e. The van der Waals surface area contributed by atoms with Crippen molar-refractivity contribution in [3.63, 3.8) is 0 Å². The maximum absolute atomic E-state index is 11.0. The number of aliphatic imine (C=N–C) groups is 1. The van der Waals surface area contributed by atoms with Gasteiger partial charge in [-0.1, -0.05) is 0 Å². The Labute approximate surface area is 155 Å². The lowest BCUT2D eigenvalue weighted by Gasteiger charge is -2.10. The molecule has 126 valence electrons. The first-order valence-corrected chi connectivity index (χ1v) is 7.70. The van der Waals surface area contributed by atoms with Crippen molar-refractivity contribution >= 4 is 47.2 Å². The second-order valence-corrected chi connectivity index (χ2v) is 5.65. The van der Waals surface area contributed by atoms with Gasteiger partial charge >= 0.3 is 0 Å². The molecule has 2 rings (SSSR count). The molecule has 2 aromatic rings. The van der Waals surface area contributed by atoms with Crippen LogP contribution in [0.15, 0.2) is 26.9 Å². The topological polar surface area (TPSA) is 106 Å². The lowest BCUT2D eigenvalue weighted by atomic mass is 10.3. The molecule has 1 amide bonds. The summed E-state index contributed by atoms with van der Waals surface area (Å²) in [5.41, 5.74) is 6.21. The van der Waals surface area contributed by atoms with E-state index in [4.69, 9.17) is 10.2 Å². The summed E-state index contributed by atoms with van der Waals surface area (Å²) in [7, 11) is 1.69. The molecule has 0 atom stereocenters. The van der Waals surface area contributed by atoms with Gasteiger partial charge in [-0.05, 0) is 19.1 Å². The van der Waals surface area contributed by atoms with Crippen LogP contribution in [0.2, 0.25) is 0 Å². The van der Waals surface area contributed by atoms with Crippen LogP contribution < -0.4 is 16.4 Å². The molecule has 23 heavy (non-hydrogen) atoms. The monoisotopic (exact) mass is 449 g/mol. The highest BCUT2D eigenvalue weighted by atomic mass is 127. The number of furan rings is 1. The van der Waals surface area contributed by atoms with Crippen LogP contribution in [-0.2, 0) is 13.0 Å². The predicted molar refractivity (Wildman–Crippen MR) is 101 cm³/mol. The third kappa shape index (κ3) is 6.18. The van der Waals surface area contributed by atoms with Gasteiger partial charge in [-0.15, -0.1) is 35.3 Å². The fraction of sp³-hybridized carbons (Fsp3) is 0.357. The van der Waals surface area contributed by atoms with E-state index in [1.165, 1.54) is 0 Å². The van der Waals surface area contributed by atoms with E-state index in [-0.39, 0.29) is 29.7 Å². The SMILES string of the molecule is CN=C(NCCc1csc(C)n1)NCc1ccc(C(N)=O)o1.I. The number of carbonyl (C=O) groups excluding carboxylic acids is 1. The number of carbonyl (C=O) groups is 1. The normalized spacial score (nSPS) is 11.0. The average molecular weight is 449 g/mol. The number of aromatic nitrogens is 1. The molecule has 0 radical (unpaired) electrons. The van der Waals surface area contributed by atoms with Crippen molar-refractivity contribution in [3.05, 3.63) is 39.7 Å². The number of halogens is 1. The number of nitrogens with one attached hydrogen (secondary N) is 2. The molecule has 0 spiro atoms. The molecule has 0 aliphatic rings. The lowest BCUT2D eigenvalue weighted by molar-refractivity contribution is 0.0972. The van der Waals surface area contributed by atoms with Gasteiger partial charge in [0.15, 0.2) is 11.7 Å². The largest absolute Gasteiger partial charge is 0.454 e. The predicted octanol–water partition coefficient (Wildman–Crippen LogP) is 1.67. The summed E-state index contributed by atoms with van der Waals surface area (Å²) in [6.45, 7) is 3.14. The van der Waals surface area contributed by atoms with Gasteiger partial charge in [0.25, 0.3) is 5.91 Å². The Morgan fingerprint density at radius 1 is 1.43 bits per heavy atom. The fourth-order valence-corrected chi connectivity index (χ4v) is 2.48. The third-order valence-corrected chi connectivity index (χ3v) is 3.72. The van der Waals surface area contributed by atoms with E-state index in [0.29, 0.717) is 18.3 Å². The van der Waals surface area contributed by atoms with Gasteiger partial charge in [0.2, 0.25) is 0 Å². The second-order valence-electron chi connectivity index (χ2n) is 4.59. The van der Waals surface area contributed by atoms with Gasteiger partial charge in [-0.3, -0.25) is 9.79 Å². The molecule has 0 saturated carbocycles. The van der Waals surface area contributed by atoms with E-state index in [0.717, 1.165) is 23.7 Å². The zero-order chi connectivity index (χ0) is 15.9. The molecule has 0 aliphatic heterocycles. The van der Waals surface area contributed by atoms with Crippen LogP contribution in [0, 0.1) is 6.92 Å². The summed E-state index contributed by atoms with van der Waals surface area (Å²) in [5, 5.41) is 9.43. The molecule has 0 fully saturated rings. The smallest absolute Gasteiger partial charge is 0.284 e. The first kappa shape index (κ1) is 19.4. The van der Waals surface area contributed by atoms with Gasteiger partial charge in [-0.2, -0.15) is 0 Å². The Morgan fingerprint density at radius 2 is 2.22 bits per heavy atom. The van der Waals surface area contributed by atoms with E-state index in [1.807, 2.05) is 6.92 Å².